The summed E-state index contributed by atoms with van der Waals surface area (Å²) >= 11 is 1.09. The predicted molar refractivity (Wildman–Crippen MR) is 123 cm³/mol. The number of nitrogens with zero attached hydrogens (tertiary/aromatic N) is 4. The molecule has 0 unspecified atom stereocenters. The summed E-state index contributed by atoms with van der Waals surface area (Å²) in [5, 5.41) is 8.07. The second kappa shape index (κ2) is 9.38. The summed E-state index contributed by atoms with van der Waals surface area (Å²) < 4.78 is 7.11. The van der Waals surface area contributed by atoms with Gasteiger partial charge in [-0.05, 0) is 55.3 Å². The lowest BCUT2D eigenvalue weighted by molar-refractivity contribution is -0.116. The van der Waals surface area contributed by atoms with Crippen molar-refractivity contribution in [2.45, 2.75) is 31.6 Å². The summed E-state index contributed by atoms with van der Waals surface area (Å²) in [6.07, 6.45) is 0.828. The van der Waals surface area contributed by atoms with E-state index >= 15 is 0 Å². The minimum Gasteiger partial charge on any atom is -0.479 e. The third-order valence-electron chi connectivity index (χ3n) is 5.04. The Kier molecular flexibility index (Phi) is 6.84. The van der Waals surface area contributed by atoms with Gasteiger partial charge < -0.3 is 15.0 Å². The maximum atomic E-state index is 12.7. The van der Waals surface area contributed by atoms with Crippen LogP contribution < -0.4 is 10.1 Å². The molecule has 2 aromatic heterocycles. The molecule has 2 amide bonds. The second-order valence-corrected chi connectivity index (χ2v) is 8.43. The van der Waals surface area contributed by atoms with Crippen LogP contribution in [-0.2, 0) is 18.3 Å². The van der Waals surface area contributed by atoms with Crippen LogP contribution in [0.15, 0.2) is 29.2 Å². The molecule has 0 aliphatic rings. The van der Waals surface area contributed by atoms with Crippen molar-refractivity contribution in [2.24, 2.45) is 7.05 Å². The summed E-state index contributed by atoms with van der Waals surface area (Å²) in [5.74, 6) is 0.409. The van der Waals surface area contributed by atoms with E-state index in [4.69, 9.17) is 4.74 Å². The minimum atomic E-state index is -0.123. The maximum Gasteiger partial charge on any atom is 0.286 e. The predicted octanol–water partition coefficient (Wildman–Crippen LogP) is 3.94. The van der Waals surface area contributed by atoms with Gasteiger partial charge in [0, 0.05) is 38.2 Å². The van der Waals surface area contributed by atoms with Crippen LogP contribution >= 0.6 is 11.8 Å². The van der Waals surface area contributed by atoms with E-state index < -0.39 is 0 Å². The Morgan fingerprint density at radius 3 is 2.61 bits per heavy atom. The van der Waals surface area contributed by atoms with E-state index in [-0.39, 0.29) is 17.6 Å². The standard InChI is InChI=1S/C22H27N5O3S/c1-13-15(14(2)23-20-19(13)21(30-6)25-27(20)5)11-12-18(28)24-16-9-7-8-10-17(16)31-22(29)26(3)4/h7-10H,11-12H2,1-6H3,(H,24,28). The molecule has 0 bridgehead atoms. The molecule has 3 aromatic rings. The monoisotopic (exact) mass is 441 g/mol. The van der Waals surface area contributed by atoms with Crippen molar-refractivity contribution in [1.82, 2.24) is 19.7 Å². The molecule has 0 aliphatic heterocycles. The number of para-hydroxylation sites is 1. The number of nitrogens with one attached hydrogen (secondary N) is 1. The number of hydrogen-bond donors (Lipinski definition) is 1. The highest BCUT2D eigenvalue weighted by Gasteiger charge is 2.19. The molecule has 3 rings (SSSR count). The third kappa shape index (κ3) is 4.82. The topological polar surface area (TPSA) is 89.3 Å². The Morgan fingerprint density at radius 2 is 1.94 bits per heavy atom. The van der Waals surface area contributed by atoms with E-state index in [1.165, 1.54) is 4.90 Å². The van der Waals surface area contributed by atoms with Gasteiger partial charge in [-0.3, -0.25) is 9.59 Å². The molecule has 0 fully saturated rings. The Morgan fingerprint density at radius 1 is 1.23 bits per heavy atom. The van der Waals surface area contributed by atoms with Gasteiger partial charge in [-0.25, -0.2) is 9.67 Å². The molecule has 164 valence electrons. The normalized spacial score (nSPS) is 10.9. The van der Waals surface area contributed by atoms with Crippen LogP contribution in [0.3, 0.4) is 0 Å². The summed E-state index contributed by atoms with van der Waals surface area (Å²) in [6.45, 7) is 3.95. The zero-order chi connectivity index (χ0) is 22.7. The Hall–Kier alpha value is -3.07. The zero-order valence-electron chi connectivity index (χ0n) is 18.6. The summed E-state index contributed by atoms with van der Waals surface area (Å²) in [4.78, 5) is 31.6. The molecule has 2 heterocycles. The Bertz CT molecular complexity index is 1140. The fourth-order valence-corrected chi connectivity index (χ4v) is 4.15. The van der Waals surface area contributed by atoms with Crippen molar-refractivity contribution in [1.29, 1.82) is 0 Å². The summed E-state index contributed by atoms with van der Waals surface area (Å²) in [5.41, 5.74) is 4.29. The summed E-state index contributed by atoms with van der Waals surface area (Å²) in [7, 11) is 6.82. The van der Waals surface area contributed by atoms with Gasteiger partial charge in [0.25, 0.3) is 5.24 Å². The van der Waals surface area contributed by atoms with Crippen molar-refractivity contribution >= 4 is 39.6 Å². The van der Waals surface area contributed by atoms with Crippen molar-refractivity contribution in [3.8, 4) is 5.88 Å². The lowest BCUT2D eigenvalue weighted by Crippen LogP contribution is -2.17. The number of aromatic nitrogens is 3. The van der Waals surface area contributed by atoms with Crippen LogP contribution in [0.5, 0.6) is 5.88 Å². The quantitative estimate of drug-likeness (QED) is 0.583. The van der Waals surface area contributed by atoms with Crippen molar-refractivity contribution in [3.63, 3.8) is 0 Å². The van der Waals surface area contributed by atoms with E-state index in [0.29, 0.717) is 22.9 Å². The average Bonchev–Trinajstić information content (AvgIpc) is 3.04. The number of methoxy groups -OCH3 is 1. The largest absolute Gasteiger partial charge is 0.479 e. The third-order valence-corrected chi connectivity index (χ3v) is 6.16. The number of benzene rings is 1. The Labute approximate surface area is 186 Å². The molecule has 0 radical (unpaired) electrons. The van der Waals surface area contributed by atoms with Crippen LogP contribution in [-0.4, -0.2) is 52.0 Å². The molecular weight excluding hydrogens is 414 g/mol. The second-order valence-electron chi connectivity index (χ2n) is 7.44. The highest BCUT2D eigenvalue weighted by molar-refractivity contribution is 8.13. The number of ether oxygens (including phenoxy) is 1. The average molecular weight is 442 g/mol. The molecule has 0 saturated carbocycles. The van der Waals surface area contributed by atoms with Gasteiger partial charge in [0.2, 0.25) is 11.8 Å². The van der Waals surface area contributed by atoms with E-state index in [1.807, 2.05) is 39.1 Å². The first-order valence-corrected chi connectivity index (χ1v) is 10.7. The summed E-state index contributed by atoms with van der Waals surface area (Å²) in [6, 6.07) is 7.30. The molecule has 9 heteroatoms. The van der Waals surface area contributed by atoms with Crippen LogP contribution in [0.2, 0.25) is 0 Å². The molecule has 0 atom stereocenters. The van der Waals surface area contributed by atoms with Crippen LogP contribution in [0, 0.1) is 13.8 Å². The van der Waals surface area contributed by atoms with E-state index in [1.54, 1.807) is 32.0 Å². The molecule has 0 aliphatic carbocycles. The highest BCUT2D eigenvalue weighted by Crippen LogP contribution is 2.31. The molecule has 1 aromatic carbocycles. The lowest BCUT2D eigenvalue weighted by Gasteiger charge is -2.14. The van der Waals surface area contributed by atoms with Crippen LogP contribution in [0.1, 0.15) is 23.2 Å². The first kappa shape index (κ1) is 22.6. The number of thioether (sulfide) groups is 1. The van der Waals surface area contributed by atoms with Gasteiger partial charge in [-0.15, -0.1) is 5.10 Å². The SMILES string of the molecule is COc1nn(C)c2nc(C)c(CCC(=O)Nc3ccccc3SC(=O)N(C)C)c(C)c12. The van der Waals surface area contributed by atoms with E-state index in [9.17, 15) is 9.59 Å². The first-order chi connectivity index (χ1) is 14.7. The van der Waals surface area contributed by atoms with Crippen molar-refractivity contribution in [3.05, 3.63) is 41.1 Å². The number of aryl methyl sites for hydroxylation is 3. The van der Waals surface area contributed by atoms with Gasteiger partial charge >= 0.3 is 0 Å². The Balaban J connectivity index is 1.77. The zero-order valence-corrected chi connectivity index (χ0v) is 19.5. The first-order valence-electron chi connectivity index (χ1n) is 9.87. The van der Waals surface area contributed by atoms with Crippen LogP contribution in [0.4, 0.5) is 10.5 Å². The van der Waals surface area contributed by atoms with E-state index in [0.717, 1.165) is 39.6 Å². The number of anilines is 1. The molecular formula is C22H27N5O3S. The molecule has 0 saturated heterocycles. The van der Waals surface area contributed by atoms with E-state index in [2.05, 4.69) is 15.4 Å². The number of amides is 2. The van der Waals surface area contributed by atoms with Gasteiger partial charge in [0.1, 0.15) is 0 Å². The fourth-order valence-electron chi connectivity index (χ4n) is 3.40. The van der Waals surface area contributed by atoms with Gasteiger partial charge in [-0.2, -0.15) is 0 Å². The number of rotatable bonds is 6. The molecule has 1 N–H and O–H groups in total. The van der Waals surface area contributed by atoms with Gasteiger partial charge in [-0.1, -0.05) is 12.1 Å². The molecule has 0 spiro atoms. The van der Waals surface area contributed by atoms with Crippen LogP contribution in [0.25, 0.3) is 11.0 Å². The minimum absolute atomic E-state index is 0.0993. The van der Waals surface area contributed by atoms with Gasteiger partial charge in [0.05, 0.1) is 18.2 Å². The number of pyridine rings is 1. The maximum absolute atomic E-state index is 12.7. The van der Waals surface area contributed by atoms with Crippen molar-refractivity contribution < 1.29 is 14.3 Å². The highest BCUT2D eigenvalue weighted by atomic mass is 32.2. The number of fused-ring (bicyclic) bond motifs is 1. The lowest BCUT2D eigenvalue weighted by atomic mass is 10.00. The number of carbonyl (C=O) groups is 2. The smallest absolute Gasteiger partial charge is 0.286 e. The number of hydrogen-bond acceptors (Lipinski definition) is 6. The number of carbonyl (C=O) groups excluding carboxylic acids is 2. The van der Waals surface area contributed by atoms with Crippen molar-refractivity contribution in [2.75, 3.05) is 26.5 Å². The fraction of sp³-hybridized carbons (Fsp3) is 0.364. The molecule has 8 nitrogen and oxygen atoms in total. The molecule has 31 heavy (non-hydrogen) atoms. The van der Waals surface area contributed by atoms with Gasteiger partial charge in [0.15, 0.2) is 5.65 Å².